The third-order valence-electron chi connectivity index (χ3n) is 7.96. The molecule has 2 aliphatic rings. The molecule has 3 aromatic rings. The van der Waals surface area contributed by atoms with E-state index in [2.05, 4.69) is 135 Å². The van der Waals surface area contributed by atoms with Gasteiger partial charge in [0.1, 0.15) is 0 Å². The molecule has 0 bridgehead atoms. The second kappa shape index (κ2) is 13.5. The number of hydrogen-bond acceptors (Lipinski definition) is 2. The molecule has 2 aromatic heterocycles. The topological polar surface area (TPSA) is 56.3 Å². The van der Waals surface area contributed by atoms with Crippen LogP contribution in [0.1, 0.15) is 48.7 Å². The Hall–Kier alpha value is -4.74. The smallest absolute Gasteiger partial charge is 0.0801 e. The maximum absolute atomic E-state index is 5.15. The van der Waals surface area contributed by atoms with E-state index in [9.17, 15) is 0 Å². The SMILES string of the molecule is C=C/C=C(C)\C=C(\C)C(=C)/C(C)=C1\C=CC(C(/Br)=C2/C=CC(C(c3c(C)cc(C)cc3C)=c3cc/c(=C/c4ccc[nH]4)[nH]3)=N2)=N1. The number of aromatic nitrogens is 2. The molecule has 4 nitrogen and oxygen atoms in total. The molecule has 0 aliphatic carbocycles. The van der Waals surface area contributed by atoms with Crippen LogP contribution in [-0.2, 0) is 0 Å². The van der Waals surface area contributed by atoms with Gasteiger partial charge in [-0.05, 0) is 146 Å². The van der Waals surface area contributed by atoms with Crippen molar-refractivity contribution in [3.8, 4) is 0 Å². The highest BCUT2D eigenvalue weighted by Gasteiger charge is 2.21. The van der Waals surface area contributed by atoms with Gasteiger partial charge in [-0.25, -0.2) is 9.98 Å². The van der Waals surface area contributed by atoms with Crippen LogP contribution in [0.5, 0.6) is 0 Å². The average Bonchev–Trinajstić information content (AvgIpc) is 3.82. The van der Waals surface area contributed by atoms with Gasteiger partial charge < -0.3 is 9.97 Å². The monoisotopic (exact) mass is 654 g/mol. The van der Waals surface area contributed by atoms with Crippen LogP contribution in [0, 0.1) is 20.8 Å². The van der Waals surface area contributed by atoms with Gasteiger partial charge in [-0.15, -0.1) is 0 Å². The Kier molecular flexibility index (Phi) is 9.50. The molecular formula is C40H39BrN4. The predicted molar refractivity (Wildman–Crippen MR) is 196 cm³/mol. The lowest BCUT2D eigenvalue weighted by molar-refractivity contribution is 1.23. The molecule has 5 rings (SSSR count). The molecule has 0 spiro atoms. The summed E-state index contributed by atoms with van der Waals surface area (Å²) in [5.74, 6) is 0. The summed E-state index contributed by atoms with van der Waals surface area (Å²) in [6.45, 7) is 20.8. The molecule has 2 N–H and O–H groups in total. The lowest BCUT2D eigenvalue weighted by Crippen LogP contribution is -2.19. The van der Waals surface area contributed by atoms with E-state index in [1.165, 1.54) is 22.3 Å². The van der Waals surface area contributed by atoms with Crippen molar-refractivity contribution in [3.05, 3.63) is 175 Å². The summed E-state index contributed by atoms with van der Waals surface area (Å²) >= 11 is 3.83. The lowest BCUT2D eigenvalue weighted by atomic mass is 9.91. The van der Waals surface area contributed by atoms with Crippen LogP contribution in [0.2, 0.25) is 0 Å². The van der Waals surface area contributed by atoms with Gasteiger partial charge in [0.25, 0.3) is 0 Å². The highest BCUT2D eigenvalue weighted by atomic mass is 79.9. The van der Waals surface area contributed by atoms with Crippen molar-refractivity contribution < 1.29 is 0 Å². The maximum Gasteiger partial charge on any atom is 0.0801 e. The second-order valence-corrected chi connectivity index (χ2v) is 12.4. The molecule has 5 heteroatoms. The van der Waals surface area contributed by atoms with E-state index < -0.39 is 0 Å². The normalized spacial score (nSPS) is 18.3. The number of aryl methyl sites for hydroxylation is 3. The minimum absolute atomic E-state index is 0.831. The fraction of sp³-hybridized carbons (Fsp3) is 0.150. The molecule has 0 fully saturated rings. The number of rotatable bonds is 8. The summed E-state index contributed by atoms with van der Waals surface area (Å²) in [6.07, 6.45) is 18.1. The number of benzene rings is 1. The van der Waals surface area contributed by atoms with E-state index in [1.807, 2.05) is 30.5 Å². The van der Waals surface area contributed by atoms with Gasteiger partial charge in [0.05, 0.1) is 27.3 Å². The fourth-order valence-electron chi connectivity index (χ4n) is 5.78. The molecule has 1 aromatic carbocycles. The molecule has 0 radical (unpaired) electrons. The summed E-state index contributed by atoms with van der Waals surface area (Å²) in [5.41, 5.74) is 14.7. The van der Waals surface area contributed by atoms with Crippen LogP contribution in [0.4, 0.5) is 0 Å². The summed E-state index contributed by atoms with van der Waals surface area (Å²) in [7, 11) is 0. The van der Waals surface area contributed by atoms with Crippen LogP contribution in [0.25, 0.3) is 11.6 Å². The van der Waals surface area contributed by atoms with Crippen LogP contribution >= 0.6 is 15.9 Å². The summed E-state index contributed by atoms with van der Waals surface area (Å²) in [5, 5.41) is 2.04. The summed E-state index contributed by atoms with van der Waals surface area (Å²) < 4.78 is 0.847. The third kappa shape index (κ3) is 7.00. The second-order valence-electron chi connectivity index (χ2n) is 11.6. The molecule has 0 amide bonds. The van der Waals surface area contributed by atoms with Gasteiger partial charge in [-0.3, -0.25) is 0 Å². The Bertz CT molecular complexity index is 2050. The highest BCUT2D eigenvalue weighted by Crippen LogP contribution is 2.32. The minimum atomic E-state index is 0.831. The summed E-state index contributed by atoms with van der Waals surface area (Å²) in [6, 6.07) is 12.8. The molecule has 2 aliphatic heterocycles. The molecule has 0 saturated heterocycles. The maximum atomic E-state index is 5.15. The molecule has 45 heavy (non-hydrogen) atoms. The van der Waals surface area contributed by atoms with E-state index >= 15 is 0 Å². The molecule has 0 atom stereocenters. The van der Waals surface area contributed by atoms with Gasteiger partial charge in [0.2, 0.25) is 0 Å². The van der Waals surface area contributed by atoms with E-state index in [-0.39, 0.29) is 0 Å². The van der Waals surface area contributed by atoms with Gasteiger partial charge in [-0.1, -0.05) is 54.7 Å². The van der Waals surface area contributed by atoms with Gasteiger partial charge in [0.15, 0.2) is 0 Å². The quantitative estimate of drug-likeness (QED) is 0.228. The minimum Gasteiger partial charge on any atom is -0.362 e. The van der Waals surface area contributed by atoms with Crippen molar-refractivity contribution >= 4 is 39.0 Å². The number of aromatic amines is 2. The average molecular weight is 656 g/mol. The van der Waals surface area contributed by atoms with Crippen molar-refractivity contribution in [2.75, 3.05) is 0 Å². The Morgan fingerprint density at radius 1 is 0.889 bits per heavy atom. The first-order valence-electron chi connectivity index (χ1n) is 15.0. The Balaban J connectivity index is 1.57. The Labute approximate surface area is 274 Å². The lowest BCUT2D eigenvalue weighted by Gasteiger charge is -2.14. The van der Waals surface area contributed by atoms with Crippen molar-refractivity contribution in [1.82, 2.24) is 9.97 Å². The van der Waals surface area contributed by atoms with Crippen molar-refractivity contribution in [2.24, 2.45) is 9.98 Å². The van der Waals surface area contributed by atoms with E-state index in [0.29, 0.717) is 0 Å². The van der Waals surface area contributed by atoms with Crippen LogP contribution in [0.3, 0.4) is 0 Å². The zero-order chi connectivity index (χ0) is 32.2. The number of nitrogens with zero attached hydrogens (tertiary/aromatic N) is 2. The highest BCUT2D eigenvalue weighted by molar-refractivity contribution is 9.12. The van der Waals surface area contributed by atoms with Crippen molar-refractivity contribution in [3.63, 3.8) is 0 Å². The summed E-state index contributed by atoms with van der Waals surface area (Å²) in [4.78, 5) is 17.0. The van der Waals surface area contributed by atoms with Gasteiger partial charge in [-0.2, -0.15) is 0 Å². The number of allylic oxidation sites excluding steroid dienone is 12. The third-order valence-corrected chi connectivity index (χ3v) is 8.77. The fourth-order valence-corrected chi connectivity index (χ4v) is 6.22. The molecule has 0 saturated carbocycles. The van der Waals surface area contributed by atoms with Crippen molar-refractivity contribution in [1.29, 1.82) is 0 Å². The molecular weight excluding hydrogens is 616 g/mol. The largest absolute Gasteiger partial charge is 0.362 e. The van der Waals surface area contributed by atoms with Crippen molar-refractivity contribution in [2.45, 2.75) is 41.5 Å². The molecule has 226 valence electrons. The number of halogens is 1. The van der Waals surface area contributed by atoms with Crippen LogP contribution in [0.15, 0.2) is 146 Å². The molecule has 0 unspecified atom stereocenters. The number of H-pyrrole nitrogens is 2. The number of aliphatic imine (C=N–C) groups is 2. The van der Waals surface area contributed by atoms with Crippen LogP contribution in [-0.4, -0.2) is 21.4 Å². The Morgan fingerprint density at radius 3 is 2.27 bits per heavy atom. The molecule has 4 heterocycles. The van der Waals surface area contributed by atoms with E-state index in [1.54, 1.807) is 6.08 Å². The first-order chi connectivity index (χ1) is 21.5. The van der Waals surface area contributed by atoms with E-state index in [4.69, 9.17) is 9.98 Å². The Morgan fingerprint density at radius 2 is 1.58 bits per heavy atom. The van der Waals surface area contributed by atoms with E-state index in [0.717, 1.165) is 71.6 Å². The first-order valence-corrected chi connectivity index (χ1v) is 15.8. The van der Waals surface area contributed by atoms with Gasteiger partial charge in [0, 0.05) is 28.2 Å². The number of hydrogen-bond donors (Lipinski definition) is 2. The number of nitrogens with one attached hydrogen (secondary N) is 2. The zero-order valence-electron chi connectivity index (χ0n) is 26.8. The van der Waals surface area contributed by atoms with Crippen LogP contribution < -0.4 is 10.7 Å². The standard InChI is InChI=1S/C40H39BrN4/c1-9-11-24(2)20-26(4)29(7)30(8)33-15-17-36(44-33)40(41)37-18-16-35(45-37)39(38-27(5)21-25(3)22-28(38)6)34-14-13-32(43-34)23-31-12-10-19-42-31/h9-23,42-43H,1,7H2,2-6,8H3/b24-11-,26-20-,32-23-,33-30+,39-34?,40-37+. The first kappa shape index (κ1) is 31.7. The predicted octanol–water partition coefficient (Wildman–Crippen LogP) is 8.83. The van der Waals surface area contributed by atoms with Gasteiger partial charge >= 0.3 is 0 Å². The zero-order valence-corrected chi connectivity index (χ0v) is 28.4.